The van der Waals surface area contributed by atoms with Gasteiger partial charge in [-0.1, -0.05) is 53.7 Å². The van der Waals surface area contributed by atoms with Gasteiger partial charge in [-0.05, 0) is 68.1 Å². The zero-order chi connectivity index (χ0) is 28.8. The van der Waals surface area contributed by atoms with Crippen molar-refractivity contribution in [3.63, 3.8) is 0 Å². The first-order chi connectivity index (χ1) is 17.8. The van der Waals surface area contributed by atoms with Crippen LogP contribution in [0.4, 0.5) is 0 Å². The molecule has 8 heteroatoms. The lowest BCUT2D eigenvalue weighted by atomic mass is 9.97. The molecule has 0 radical (unpaired) electrons. The number of hydrogen-bond donors (Lipinski definition) is 4. The molecule has 216 valence electrons. The van der Waals surface area contributed by atoms with Crippen LogP contribution >= 0.6 is 0 Å². The first-order valence-electron chi connectivity index (χ1n) is 14.1. The van der Waals surface area contributed by atoms with Crippen LogP contribution in [0.2, 0.25) is 0 Å². The number of carbonyl (C=O) groups excluding carboxylic acids is 3. The molecule has 0 saturated carbocycles. The lowest BCUT2D eigenvalue weighted by Crippen LogP contribution is -2.51. The van der Waals surface area contributed by atoms with Gasteiger partial charge in [0.1, 0.15) is 11.8 Å². The van der Waals surface area contributed by atoms with Crippen molar-refractivity contribution in [2.24, 2.45) is 23.5 Å². The van der Waals surface area contributed by atoms with E-state index in [0.29, 0.717) is 25.2 Å². The third-order valence-electron chi connectivity index (χ3n) is 6.64. The summed E-state index contributed by atoms with van der Waals surface area (Å²) in [5.41, 5.74) is 6.99. The van der Waals surface area contributed by atoms with Crippen LogP contribution in [0, 0.1) is 17.8 Å². The smallest absolute Gasteiger partial charge is 0.243 e. The molecule has 0 heterocycles. The van der Waals surface area contributed by atoms with Crippen LogP contribution in [0.5, 0.6) is 5.75 Å². The highest BCUT2D eigenvalue weighted by Crippen LogP contribution is 2.15. The maximum Gasteiger partial charge on any atom is 0.243 e. The second-order valence-electron chi connectivity index (χ2n) is 11.7. The third kappa shape index (κ3) is 13.3. The Balaban J connectivity index is 2.83. The van der Waals surface area contributed by atoms with Gasteiger partial charge >= 0.3 is 0 Å². The lowest BCUT2D eigenvalue weighted by molar-refractivity contribution is -0.129. The summed E-state index contributed by atoms with van der Waals surface area (Å²) >= 11 is 0. The maximum absolute atomic E-state index is 13.3. The van der Waals surface area contributed by atoms with Gasteiger partial charge in [0.25, 0.3) is 0 Å². The number of hydrogen-bond acceptors (Lipinski definition) is 5. The molecule has 0 aliphatic carbocycles. The molecule has 1 aromatic carbocycles. The average molecular weight is 533 g/mol. The van der Waals surface area contributed by atoms with Crippen molar-refractivity contribution in [1.29, 1.82) is 0 Å². The Hall–Kier alpha value is -2.61. The van der Waals surface area contributed by atoms with E-state index in [1.165, 1.54) is 0 Å². The summed E-state index contributed by atoms with van der Waals surface area (Å²) in [5.74, 6) is 1.04. The fourth-order valence-electron chi connectivity index (χ4n) is 4.12. The zero-order valence-electron chi connectivity index (χ0n) is 24.8. The summed E-state index contributed by atoms with van der Waals surface area (Å²) in [5, 5.41) is 9.13. The van der Waals surface area contributed by atoms with Gasteiger partial charge in [0, 0.05) is 24.9 Å². The van der Waals surface area contributed by atoms with Crippen LogP contribution in [0.25, 0.3) is 0 Å². The number of methoxy groups -OCH3 is 1. The van der Waals surface area contributed by atoms with Crippen LogP contribution in [-0.4, -0.2) is 49.0 Å². The van der Waals surface area contributed by atoms with E-state index in [2.05, 4.69) is 29.8 Å². The highest BCUT2D eigenvalue weighted by molar-refractivity contribution is 5.88. The largest absolute Gasteiger partial charge is 0.497 e. The van der Waals surface area contributed by atoms with Crippen LogP contribution < -0.4 is 26.4 Å². The molecule has 0 spiro atoms. The Bertz CT molecular complexity index is 854. The normalized spacial score (nSPS) is 14.6. The van der Waals surface area contributed by atoms with Crippen molar-refractivity contribution in [2.75, 3.05) is 7.11 Å². The average Bonchev–Trinajstić information content (AvgIpc) is 2.84. The Morgan fingerprint density at radius 3 is 1.92 bits per heavy atom. The molecular weight excluding hydrogens is 480 g/mol. The van der Waals surface area contributed by atoms with E-state index >= 15 is 0 Å². The number of amides is 3. The van der Waals surface area contributed by atoms with Crippen molar-refractivity contribution >= 4 is 17.7 Å². The summed E-state index contributed by atoms with van der Waals surface area (Å²) in [6, 6.07) is 6.15. The van der Waals surface area contributed by atoms with Crippen LogP contribution in [-0.2, 0) is 20.8 Å². The second-order valence-corrected chi connectivity index (χ2v) is 11.7. The molecule has 0 aliphatic heterocycles. The quantitative estimate of drug-likeness (QED) is 0.242. The number of nitrogens with two attached hydrogens (primary N) is 1. The monoisotopic (exact) mass is 532 g/mol. The Morgan fingerprint density at radius 1 is 0.789 bits per heavy atom. The fraction of sp³-hybridized carbons (Fsp3) is 0.700. The molecule has 38 heavy (non-hydrogen) atoms. The number of carbonyl (C=O) groups is 3. The molecule has 2 unspecified atom stereocenters. The highest BCUT2D eigenvalue weighted by atomic mass is 16.5. The lowest BCUT2D eigenvalue weighted by Gasteiger charge is -2.26. The number of rotatable bonds is 17. The molecule has 0 fully saturated rings. The predicted octanol–water partition coefficient (Wildman–Crippen LogP) is 3.96. The van der Waals surface area contributed by atoms with Crippen LogP contribution in [0.3, 0.4) is 0 Å². The molecule has 5 N–H and O–H groups in total. The summed E-state index contributed by atoms with van der Waals surface area (Å²) in [4.78, 5) is 38.4. The first-order valence-corrected chi connectivity index (χ1v) is 14.1. The minimum absolute atomic E-state index is 0.00473. The van der Waals surface area contributed by atoms with Gasteiger partial charge in [-0.25, -0.2) is 0 Å². The van der Waals surface area contributed by atoms with Gasteiger partial charge in [0.15, 0.2) is 0 Å². The predicted molar refractivity (Wildman–Crippen MR) is 154 cm³/mol. The summed E-state index contributed by atoms with van der Waals surface area (Å²) < 4.78 is 5.23. The van der Waals surface area contributed by atoms with Crippen molar-refractivity contribution in [1.82, 2.24) is 16.0 Å². The standard InChI is InChI=1S/C30H52N4O4/c1-19(2)9-13-24(33-30(37)28(31)21(5)6)14-10-22(7)32-29(36)26(34-27(35)17-20(3)4)18-23-11-15-25(38-8)16-12-23/h11-12,15-16,19-22,24,26,28H,9-10,13-14,17-18,31H2,1-8H3,(H,32,36)(H,33,37)(H,34,35)/t22?,24?,26-,28-/m0/s1. The highest BCUT2D eigenvalue weighted by Gasteiger charge is 2.25. The number of nitrogens with one attached hydrogen (secondary N) is 3. The molecule has 1 rings (SSSR count). The Labute approximate surface area is 230 Å². The topological polar surface area (TPSA) is 123 Å². The molecule has 3 amide bonds. The Morgan fingerprint density at radius 2 is 1.39 bits per heavy atom. The fourth-order valence-corrected chi connectivity index (χ4v) is 4.12. The van der Waals surface area contributed by atoms with Crippen molar-refractivity contribution < 1.29 is 19.1 Å². The van der Waals surface area contributed by atoms with E-state index in [4.69, 9.17) is 10.5 Å². The molecule has 0 bridgehead atoms. The molecule has 0 saturated heterocycles. The summed E-state index contributed by atoms with van der Waals surface area (Å²) in [6.45, 7) is 14.1. The van der Waals surface area contributed by atoms with Gasteiger partial charge in [0.05, 0.1) is 13.2 Å². The van der Waals surface area contributed by atoms with Crippen LogP contribution in [0.1, 0.15) is 86.1 Å². The minimum atomic E-state index is -0.683. The molecule has 0 aromatic heterocycles. The van der Waals surface area contributed by atoms with Gasteiger partial charge in [-0.3, -0.25) is 14.4 Å². The van der Waals surface area contributed by atoms with E-state index in [0.717, 1.165) is 30.6 Å². The maximum atomic E-state index is 13.3. The van der Waals surface area contributed by atoms with E-state index in [-0.39, 0.29) is 41.6 Å². The molecule has 1 aromatic rings. The summed E-state index contributed by atoms with van der Waals surface area (Å²) in [6.07, 6.45) is 4.02. The molecule has 0 aliphatic rings. The molecule has 8 nitrogen and oxygen atoms in total. The Kier molecular flexibility index (Phi) is 15.0. The summed E-state index contributed by atoms with van der Waals surface area (Å²) in [7, 11) is 1.61. The van der Waals surface area contributed by atoms with E-state index in [1.54, 1.807) is 7.11 Å². The van der Waals surface area contributed by atoms with E-state index < -0.39 is 12.1 Å². The van der Waals surface area contributed by atoms with Crippen molar-refractivity contribution in [3.05, 3.63) is 29.8 Å². The molecular formula is C30H52N4O4. The molecule has 4 atom stereocenters. The van der Waals surface area contributed by atoms with Gasteiger partial charge in [-0.15, -0.1) is 0 Å². The second kappa shape index (κ2) is 17.1. The minimum Gasteiger partial charge on any atom is -0.497 e. The number of ether oxygens (including phenoxy) is 1. The number of benzene rings is 1. The van der Waals surface area contributed by atoms with Crippen molar-refractivity contribution in [3.8, 4) is 5.75 Å². The first kappa shape index (κ1) is 33.4. The van der Waals surface area contributed by atoms with E-state index in [1.807, 2.05) is 58.9 Å². The van der Waals surface area contributed by atoms with E-state index in [9.17, 15) is 14.4 Å². The van der Waals surface area contributed by atoms with Gasteiger partial charge in [-0.2, -0.15) is 0 Å². The van der Waals surface area contributed by atoms with Crippen molar-refractivity contribution in [2.45, 2.75) is 111 Å². The third-order valence-corrected chi connectivity index (χ3v) is 6.64. The zero-order valence-corrected chi connectivity index (χ0v) is 24.8. The van der Waals surface area contributed by atoms with Crippen LogP contribution in [0.15, 0.2) is 24.3 Å². The van der Waals surface area contributed by atoms with Gasteiger partial charge < -0.3 is 26.4 Å². The SMILES string of the molecule is COc1ccc(C[C@H](NC(=O)CC(C)C)C(=O)NC(C)CCC(CCC(C)C)NC(=O)[C@@H](N)C(C)C)cc1. The van der Waals surface area contributed by atoms with Gasteiger partial charge in [0.2, 0.25) is 17.7 Å².